The molecule has 0 aliphatic heterocycles. The Kier molecular flexibility index (Phi) is 6.85. The van der Waals surface area contributed by atoms with Crippen LogP contribution in [0.25, 0.3) is 0 Å². The van der Waals surface area contributed by atoms with Crippen LogP contribution >= 0.6 is 0 Å². The monoisotopic (exact) mass is 420 g/mol. The molecule has 0 aliphatic carbocycles. The van der Waals surface area contributed by atoms with E-state index in [9.17, 15) is 9.59 Å². The number of halogens is 1. The highest BCUT2D eigenvalue weighted by atomic mass is 19.1. The van der Waals surface area contributed by atoms with Gasteiger partial charge in [-0.1, -0.05) is 86.6 Å². The molecule has 0 radical (unpaired) electrons. The van der Waals surface area contributed by atoms with Crippen molar-refractivity contribution in [1.29, 1.82) is 0 Å². The van der Waals surface area contributed by atoms with Crippen LogP contribution in [0.4, 0.5) is 4.39 Å². The Hall–Kier alpha value is -3.47. The predicted octanol–water partition coefficient (Wildman–Crippen LogP) is 5.26. The first-order valence-electron chi connectivity index (χ1n) is 10.3. The number of hydrogen-bond acceptors (Lipinski definition) is 3. The van der Waals surface area contributed by atoms with E-state index >= 15 is 4.39 Å². The number of carbonyl (C=O) groups excluding carboxylic acids is 1. The van der Waals surface area contributed by atoms with Gasteiger partial charge in [0.15, 0.2) is 5.60 Å². The summed E-state index contributed by atoms with van der Waals surface area (Å²) in [6.45, 7) is 3.84. The van der Waals surface area contributed by atoms with Crippen molar-refractivity contribution in [2.45, 2.75) is 38.7 Å². The smallest absolute Gasteiger partial charge is 0.318 e. The van der Waals surface area contributed by atoms with Crippen molar-refractivity contribution >= 4 is 11.9 Å². The zero-order valence-electron chi connectivity index (χ0n) is 17.6. The Morgan fingerprint density at radius 1 is 0.871 bits per heavy atom. The summed E-state index contributed by atoms with van der Waals surface area (Å²) in [7, 11) is 0. The number of carboxylic acid groups (broad SMARTS) is 1. The average molecular weight is 420 g/mol. The molecule has 160 valence electrons. The average Bonchev–Trinajstić information content (AvgIpc) is 2.78. The second-order valence-electron chi connectivity index (χ2n) is 7.23. The SMILES string of the molecule is CCc1ccc(C(OC(=O)CC(=O)O)(c2ccccc2)c2ccccc2)c(F)c1CC. The van der Waals surface area contributed by atoms with Crippen LogP contribution < -0.4 is 0 Å². The summed E-state index contributed by atoms with van der Waals surface area (Å²) in [5.41, 5.74) is 1.06. The molecule has 3 rings (SSSR count). The molecule has 0 aromatic heterocycles. The molecule has 3 aromatic carbocycles. The van der Waals surface area contributed by atoms with Crippen LogP contribution in [-0.4, -0.2) is 17.0 Å². The van der Waals surface area contributed by atoms with Gasteiger partial charge in [-0.25, -0.2) is 4.39 Å². The standard InChI is InChI=1S/C26H25FO4/c1-3-18-15-16-22(25(27)21(18)4-2)26(19-11-7-5-8-12-19,20-13-9-6-10-14-20)31-24(30)17-23(28)29/h5-16H,3-4,17H2,1-2H3,(H,28,29). The maximum atomic E-state index is 16.0. The molecule has 0 heterocycles. The molecule has 4 nitrogen and oxygen atoms in total. The first-order chi connectivity index (χ1) is 14.9. The molecule has 5 heteroatoms. The van der Waals surface area contributed by atoms with Crippen LogP contribution in [0.2, 0.25) is 0 Å². The minimum atomic E-state index is -1.63. The molecule has 0 atom stereocenters. The molecule has 0 bridgehead atoms. The summed E-state index contributed by atoms with van der Waals surface area (Å²) in [5, 5.41) is 9.12. The second-order valence-corrected chi connectivity index (χ2v) is 7.23. The number of hydrogen-bond donors (Lipinski definition) is 1. The molecule has 0 aliphatic rings. The summed E-state index contributed by atoms with van der Waals surface area (Å²) in [4.78, 5) is 23.8. The van der Waals surface area contributed by atoms with Crippen molar-refractivity contribution in [2.24, 2.45) is 0 Å². The largest absolute Gasteiger partial charge is 0.481 e. The van der Waals surface area contributed by atoms with Crippen LogP contribution in [-0.2, 0) is 32.8 Å². The fourth-order valence-corrected chi connectivity index (χ4v) is 3.97. The van der Waals surface area contributed by atoms with Crippen LogP contribution in [0.15, 0.2) is 72.8 Å². The third kappa shape index (κ3) is 4.36. The molecule has 1 N–H and O–H groups in total. The summed E-state index contributed by atoms with van der Waals surface area (Å²) in [5.74, 6) is -2.70. The van der Waals surface area contributed by atoms with Gasteiger partial charge < -0.3 is 9.84 Å². The van der Waals surface area contributed by atoms with Gasteiger partial charge in [-0.3, -0.25) is 9.59 Å². The highest BCUT2D eigenvalue weighted by Gasteiger charge is 2.43. The Bertz CT molecular complexity index is 1020. The van der Waals surface area contributed by atoms with Gasteiger partial charge >= 0.3 is 11.9 Å². The molecule has 0 amide bonds. The van der Waals surface area contributed by atoms with E-state index in [-0.39, 0.29) is 5.56 Å². The second kappa shape index (κ2) is 9.56. The van der Waals surface area contributed by atoms with Crippen molar-refractivity contribution in [3.05, 3.63) is 106 Å². The predicted molar refractivity (Wildman–Crippen MR) is 116 cm³/mol. The number of aliphatic carboxylic acids is 1. The first kappa shape index (κ1) is 22.2. The maximum Gasteiger partial charge on any atom is 0.318 e. The van der Waals surface area contributed by atoms with Crippen LogP contribution in [0.5, 0.6) is 0 Å². The molecule has 31 heavy (non-hydrogen) atoms. The van der Waals surface area contributed by atoms with Gasteiger partial charge in [0.1, 0.15) is 12.2 Å². The molecule has 0 saturated carbocycles. The number of benzene rings is 3. The number of esters is 1. The van der Waals surface area contributed by atoms with Crippen molar-refractivity contribution in [3.8, 4) is 0 Å². The molecule has 0 fully saturated rings. The van der Waals surface area contributed by atoms with Gasteiger partial charge in [0.05, 0.1) is 0 Å². The zero-order valence-corrected chi connectivity index (χ0v) is 17.6. The van der Waals surface area contributed by atoms with E-state index in [0.29, 0.717) is 29.5 Å². The van der Waals surface area contributed by atoms with E-state index in [4.69, 9.17) is 9.84 Å². The summed E-state index contributed by atoms with van der Waals surface area (Å²) in [6.07, 6.45) is 0.325. The third-order valence-corrected chi connectivity index (χ3v) is 5.38. The van der Waals surface area contributed by atoms with Crippen LogP contribution in [0.1, 0.15) is 48.1 Å². The molecule has 3 aromatic rings. The summed E-state index contributed by atoms with van der Waals surface area (Å²) < 4.78 is 21.9. The van der Waals surface area contributed by atoms with Crippen molar-refractivity contribution in [2.75, 3.05) is 0 Å². The topological polar surface area (TPSA) is 63.6 Å². The van der Waals surface area contributed by atoms with Crippen molar-refractivity contribution in [3.63, 3.8) is 0 Å². The highest BCUT2D eigenvalue weighted by molar-refractivity contribution is 5.90. The number of aryl methyl sites for hydroxylation is 1. The zero-order chi connectivity index (χ0) is 22.4. The van der Waals surface area contributed by atoms with Gasteiger partial charge in [0.25, 0.3) is 0 Å². The van der Waals surface area contributed by atoms with Gasteiger partial charge in [-0.05, 0) is 24.0 Å². The van der Waals surface area contributed by atoms with Gasteiger partial charge in [-0.15, -0.1) is 0 Å². The van der Waals surface area contributed by atoms with E-state index in [0.717, 1.165) is 5.56 Å². The Balaban J connectivity index is 2.38. The molecule has 0 unspecified atom stereocenters. The Morgan fingerprint density at radius 2 is 1.42 bits per heavy atom. The molecule has 0 saturated heterocycles. The van der Waals surface area contributed by atoms with E-state index in [1.807, 2.05) is 32.0 Å². The molecular weight excluding hydrogens is 395 g/mol. The minimum absolute atomic E-state index is 0.178. The minimum Gasteiger partial charge on any atom is -0.481 e. The van der Waals surface area contributed by atoms with E-state index in [1.165, 1.54) is 0 Å². The highest BCUT2D eigenvalue weighted by Crippen LogP contribution is 2.43. The third-order valence-electron chi connectivity index (χ3n) is 5.38. The van der Waals surface area contributed by atoms with Gasteiger partial charge in [0, 0.05) is 16.7 Å². The molecule has 0 spiro atoms. The number of carboxylic acids is 1. The number of ether oxygens (including phenoxy) is 1. The normalized spacial score (nSPS) is 11.2. The Labute approximate surface area is 181 Å². The number of carbonyl (C=O) groups is 2. The fraction of sp³-hybridized carbons (Fsp3) is 0.231. The lowest BCUT2D eigenvalue weighted by atomic mass is 9.78. The summed E-state index contributed by atoms with van der Waals surface area (Å²) in [6, 6.07) is 21.2. The van der Waals surface area contributed by atoms with Crippen LogP contribution in [0.3, 0.4) is 0 Å². The van der Waals surface area contributed by atoms with Crippen molar-refractivity contribution < 1.29 is 23.8 Å². The first-order valence-corrected chi connectivity index (χ1v) is 10.3. The van der Waals surface area contributed by atoms with Crippen molar-refractivity contribution in [1.82, 2.24) is 0 Å². The lowest BCUT2D eigenvalue weighted by molar-refractivity contribution is -0.158. The number of rotatable bonds is 8. The lowest BCUT2D eigenvalue weighted by Gasteiger charge is -2.36. The quantitative estimate of drug-likeness (QED) is 0.307. The lowest BCUT2D eigenvalue weighted by Crippen LogP contribution is -2.37. The van der Waals surface area contributed by atoms with Crippen LogP contribution in [0, 0.1) is 5.82 Å². The van der Waals surface area contributed by atoms with E-state index in [2.05, 4.69) is 0 Å². The molecular formula is C26H25FO4. The Morgan fingerprint density at radius 3 is 1.87 bits per heavy atom. The maximum absolute atomic E-state index is 16.0. The fourth-order valence-electron chi connectivity index (χ4n) is 3.97. The van der Waals surface area contributed by atoms with Gasteiger partial charge in [-0.2, -0.15) is 0 Å². The van der Waals surface area contributed by atoms with Gasteiger partial charge in [0.2, 0.25) is 0 Å². The van der Waals surface area contributed by atoms with E-state index < -0.39 is 29.8 Å². The summed E-state index contributed by atoms with van der Waals surface area (Å²) >= 11 is 0. The van der Waals surface area contributed by atoms with E-state index in [1.54, 1.807) is 54.6 Å².